The number of nitrogens with zero attached hydrogens (tertiary/aromatic N) is 4. The maximum Gasteiger partial charge on any atom is 0.178 e. The zero-order valence-corrected chi connectivity index (χ0v) is 10.6. The first-order chi connectivity index (χ1) is 9.40. The minimum atomic E-state index is -0.277. The van der Waals surface area contributed by atoms with Crippen LogP contribution in [0.4, 0.5) is 0 Å². The van der Waals surface area contributed by atoms with Crippen LogP contribution in [0.2, 0.25) is 0 Å². The highest BCUT2D eigenvalue weighted by atomic mass is 16.5. The van der Waals surface area contributed by atoms with Crippen LogP contribution in [-0.2, 0) is 4.74 Å². The third-order valence-corrected chi connectivity index (χ3v) is 2.92. The number of ether oxygens (including phenoxy) is 1. The Labute approximate surface area is 110 Å². The lowest BCUT2D eigenvalue weighted by Gasteiger charge is -2.17. The van der Waals surface area contributed by atoms with E-state index in [-0.39, 0.29) is 6.23 Å². The monoisotopic (exact) mass is 254 g/mol. The normalized spacial score (nSPS) is 12.7. The summed E-state index contributed by atoms with van der Waals surface area (Å²) >= 11 is 0. The van der Waals surface area contributed by atoms with Gasteiger partial charge in [-0.1, -0.05) is 17.3 Å². The Morgan fingerprint density at radius 2 is 1.95 bits per heavy atom. The molecule has 3 rings (SSSR count). The zero-order chi connectivity index (χ0) is 13.1. The van der Waals surface area contributed by atoms with Crippen molar-refractivity contribution >= 4 is 11.0 Å². The quantitative estimate of drug-likeness (QED) is 0.717. The van der Waals surface area contributed by atoms with Gasteiger partial charge in [-0.05, 0) is 31.2 Å². The Kier molecular flexibility index (Phi) is 3.20. The average molecular weight is 254 g/mol. The van der Waals surface area contributed by atoms with Crippen molar-refractivity contribution in [3.8, 4) is 0 Å². The molecule has 96 valence electrons. The Bertz CT molecular complexity index is 665. The van der Waals surface area contributed by atoms with Gasteiger partial charge in [-0.25, -0.2) is 4.68 Å². The minimum absolute atomic E-state index is 0.277. The molecule has 0 aliphatic carbocycles. The van der Waals surface area contributed by atoms with Gasteiger partial charge in [-0.3, -0.25) is 4.98 Å². The molecule has 0 fully saturated rings. The van der Waals surface area contributed by atoms with Crippen molar-refractivity contribution in [3.63, 3.8) is 0 Å². The van der Waals surface area contributed by atoms with E-state index < -0.39 is 0 Å². The third-order valence-electron chi connectivity index (χ3n) is 2.92. The number of fused-ring (bicyclic) bond motifs is 1. The number of para-hydroxylation sites is 1. The van der Waals surface area contributed by atoms with Crippen LogP contribution in [0.3, 0.4) is 0 Å². The molecule has 0 spiro atoms. The summed E-state index contributed by atoms with van der Waals surface area (Å²) in [5, 5.41) is 8.38. The molecule has 0 aliphatic rings. The molecule has 2 aromatic heterocycles. The van der Waals surface area contributed by atoms with E-state index in [0.717, 1.165) is 16.6 Å². The van der Waals surface area contributed by atoms with Crippen molar-refractivity contribution < 1.29 is 4.74 Å². The van der Waals surface area contributed by atoms with Gasteiger partial charge in [0.1, 0.15) is 5.52 Å². The summed E-state index contributed by atoms with van der Waals surface area (Å²) in [5.74, 6) is 0. The molecule has 1 atom stereocenters. The van der Waals surface area contributed by atoms with Gasteiger partial charge in [0.05, 0.1) is 5.52 Å². The second-order valence-electron chi connectivity index (χ2n) is 4.11. The summed E-state index contributed by atoms with van der Waals surface area (Å²) in [4.78, 5) is 4.03. The van der Waals surface area contributed by atoms with Crippen LogP contribution in [0.15, 0.2) is 48.8 Å². The van der Waals surface area contributed by atoms with E-state index in [9.17, 15) is 0 Å². The molecule has 5 nitrogen and oxygen atoms in total. The minimum Gasteiger partial charge on any atom is -0.352 e. The van der Waals surface area contributed by atoms with E-state index in [0.29, 0.717) is 6.61 Å². The van der Waals surface area contributed by atoms with Gasteiger partial charge in [0.15, 0.2) is 6.23 Å². The van der Waals surface area contributed by atoms with Crippen molar-refractivity contribution in [2.45, 2.75) is 13.2 Å². The first kappa shape index (κ1) is 11.8. The maximum absolute atomic E-state index is 5.81. The number of pyridine rings is 1. The van der Waals surface area contributed by atoms with Crippen molar-refractivity contribution in [2.24, 2.45) is 0 Å². The van der Waals surface area contributed by atoms with Crippen LogP contribution in [-0.4, -0.2) is 26.6 Å². The van der Waals surface area contributed by atoms with Crippen molar-refractivity contribution in [1.82, 2.24) is 20.0 Å². The molecule has 0 radical (unpaired) electrons. The molecular weight excluding hydrogens is 240 g/mol. The first-order valence-corrected chi connectivity index (χ1v) is 6.21. The van der Waals surface area contributed by atoms with Crippen LogP contribution in [0.1, 0.15) is 18.7 Å². The van der Waals surface area contributed by atoms with Gasteiger partial charge in [-0.2, -0.15) is 0 Å². The first-order valence-electron chi connectivity index (χ1n) is 6.21. The van der Waals surface area contributed by atoms with Gasteiger partial charge in [0.2, 0.25) is 0 Å². The fraction of sp³-hybridized carbons (Fsp3) is 0.214. The smallest absolute Gasteiger partial charge is 0.178 e. The molecule has 0 saturated carbocycles. The number of rotatable bonds is 4. The van der Waals surface area contributed by atoms with Crippen LogP contribution >= 0.6 is 0 Å². The Morgan fingerprint density at radius 1 is 1.16 bits per heavy atom. The fourth-order valence-electron chi connectivity index (χ4n) is 2.05. The van der Waals surface area contributed by atoms with Gasteiger partial charge in [0.25, 0.3) is 0 Å². The summed E-state index contributed by atoms with van der Waals surface area (Å²) in [6.07, 6.45) is 3.22. The molecule has 1 unspecified atom stereocenters. The number of benzene rings is 1. The standard InChI is InChI=1S/C14H14N4O/c1-2-19-14(11-7-9-15-10-8-11)18-13-6-4-3-5-12(13)16-17-18/h3-10,14H,2H2,1H3. The largest absolute Gasteiger partial charge is 0.352 e. The summed E-state index contributed by atoms with van der Waals surface area (Å²) < 4.78 is 7.61. The second-order valence-corrected chi connectivity index (χ2v) is 4.11. The summed E-state index contributed by atoms with van der Waals surface area (Å²) in [6, 6.07) is 11.7. The number of aromatic nitrogens is 4. The Balaban J connectivity index is 2.10. The Hall–Kier alpha value is -2.27. The van der Waals surface area contributed by atoms with E-state index in [4.69, 9.17) is 4.74 Å². The molecule has 19 heavy (non-hydrogen) atoms. The van der Waals surface area contributed by atoms with E-state index in [2.05, 4.69) is 15.3 Å². The van der Waals surface area contributed by atoms with Crippen molar-refractivity contribution in [3.05, 3.63) is 54.4 Å². The summed E-state index contributed by atoms with van der Waals surface area (Å²) in [6.45, 7) is 2.56. The second kappa shape index (κ2) is 5.16. The molecule has 0 bridgehead atoms. The predicted octanol–water partition coefficient (Wildman–Crippen LogP) is 2.41. The van der Waals surface area contributed by atoms with E-state index in [1.165, 1.54) is 0 Å². The average Bonchev–Trinajstić information content (AvgIpc) is 2.89. The molecule has 5 heteroatoms. The van der Waals surface area contributed by atoms with Crippen molar-refractivity contribution in [1.29, 1.82) is 0 Å². The Morgan fingerprint density at radius 3 is 2.74 bits per heavy atom. The predicted molar refractivity (Wildman–Crippen MR) is 71.5 cm³/mol. The van der Waals surface area contributed by atoms with Gasteiger partial charge < -0.3 is 4.74 Å². The lowest BCUT2D eigenvalue weighted by molar-refractivity contribution is 0.0340. The van der Waals surface area contributed by atoms with Gasteiger partial charge in [-0.15, -0.1) is 5.10 Å². The highest BCUT2D eigenvalue weighted by Gasteiger charge is 2.17. The molecule has 2 heterocycles. The molecule has 0 aliphatic heterocycles. The van der Waals surface area contributed by atoms with E-state index in [1.807, 2.05) is 43.3 Å². The van der Waals surface area contributed by atoms with Gasteiger partial charge in [0, 0.05) is 24.6 Å². The molecular formula is C14H14N4O. The van der Waals surface area contributed by atoms with E-state index >= 15 is 0 Å². The molecule has 0 saturated heterocycles. The van der Waals surface area contributed by atoms with Crippen LogP contribution in [0.25, 0.3) is 11.0 Å². The lowest BCUT2D eigenvalue weighted by Crippen LogP contribution is -2.16. The molecule has 0 N–H and O–H groups in total. The zero-order valence-electron chi connectivity index (χ0n) is 10.6. The molecule has 1 aromatic carbocycles. The van der Waals surface area contributed by atoms with Crippen molar-refractivity contribution in [2.75, 3.05) is 6.61 Å². The van der Waals surface area contributed by atoms with Gasteiger partial charge >= 0.3 is 0 Å². The topological polar surface area (TPSA) is 52.8 Å². The van der Waals surface area contributed by atoms with Crippen LogP contribution < -0.4 is 0 Å². The lowest BCUT2D eigenvalue weighted by atomic mass is 10.2. The fourth-order valence-corrected chi connectivity index (χ4v) is 2.05. The van der Waals surface area contributed by atoms with Crippen LogP contribution in [0.5, 0.6) is 0 Å². The highest BCUT2D eigenvalue weighted by Crippen LogP contribution is 2.22. The SMILES string of the molecule is CCOC(c1ccncc1)n1nnc2ccccc21. The van der Waals surface area contributed by atoms with Crippen LogP contribution in [0, 0.1) is 0 Å². The highest BCUT2D eigenvalue weighted by molar-refractivity contribution is 5.74. The number of hydrogen-bond acceptors (Lipinski definition) is 4. The number of hydrogen-bond donors (Lipinski definition) is 0. The summed E-state index contributed by atoms with van der Waals surface area (Å²) in [5.41, 5.74) is 2.83. The van der Waals surface area contributed by atoms with E-state index in [1.54, 1.807) is 17.1 Å². The molecule has 0 amide bonds. The molecule has 3 aromatic rings. The third kappa shape index (κ3) is 2.20. The maximum atomic E-state index is 5.81. The summed E-state index contributed by atoms with van der Waals surface area (Å²) in [7, 11) is 0.